The van der Waals surface area contributed by atoms with Gasteiger partial charge in [0.2, 0.25) is 0 Å². The summed E-state index contributed by atoms with van der Waals surface area (Å²) in [6.45, 7) is 1.23. The van der Waals surface area contributed by atoms with Crippen molar-refractivity contribution in [1.82, 2.24) is 9.88 Å². The number of amides is 1. The zero-order valence-electron chi connectivity index (χ0n) is 7.76. The summed E-state index contributed by atoms with van der Waals surface area (Å²) in [7, 11) is 0. The lowest BCUT2D eigenvalue weighted by Gasteiger charge is -2.11. The Balaban J connectivity index is 2.06. The molecule has 1 amide bonds. The first-order valence-corrected chi connectivity index (χ1v) is 4.65. The van der Waals surface area contributed by atoms with E-state index in [1.54, 1.807) is 6.20 Å². The molecule has 0 radical (unpaired) electrons. The molecular formula is C10H12N2O2. The zero-order chi connectivity index (χ0) is 9.97. The van der Waals surface area contributed by atoms with Crippen LogP contribution in [-0.4, -0.2) is 34.2 Å². The molecule has 0 saturated carbocycles. The molecule has 0 aromatic carbocycles. The highest BCUT2D eigenvalue weighted by Gasteiger charge is 2.26. The normalized spacial score (nSPS) is 21.1. The van der Waals surface area contributed by atoms with Crippen molar-refractivity contribution in [2.24, 2.45) is 0 Å². The van der Waals surface area contributed by atoms with Gasteiger partial charge >= 0.3 is 6.09 Å². The van der Waals surface area contributed by atoms with Gasteiger partial charge in [-0.2, -0.15) is 0 Å². The molecule has 2 rings (SSSR count). The first kappa shape index (κ1) is 8.99. The second-order valence-corrected chi connectivity index (χ2v) is 3.50. The fourth-order valence-electron chi connectivity index (χ4n) is 1.82. The Kier molecular flexibility index (Phi) is 2.35. The van der Waals surface area contributed by atoms with Crippen LogP contribution in [0, 0.1) is 0 Å². The summed E-state index contributed by atoms with van der Waals surface area (Å²) >= 11 is 0. The van der Waals surface area contributed by atoms with E-state index >= 15 is 0 Å². The molecule has 0 spiro atoms. The van der Waals surface area contributed by atoms with E-state index in [-0.39, 0.29) is 0 Å². The number of aromatic nitrogens is 1. The molecule has 1 aromatic heterocycles. The molecule has 1 aliphatic heterocycles. The second-order valence-electron chi connectivity index (χ2n) is 3.50. The highest BCUT2D eigenvalue weighted by molar-refractivity contribution is 5.65. The summed E-state index contributed by atoms with van der Waals surface area (Å²) in [6.07, 6.45) is 3.62. The van der Waals surface area contributed by atoms with Crippen LogP contribution in [0.25, 0.3) is 0 Å². The largest absolute Gasteiger partial charge is 0.465 e. The van der Waals surface area contributed by atoms with Gasteiger partial charge in [0.1, 0.15) is 0 Å². The SMILES string of the molecule is O=C(O)N1CCC(c2cccnc2)C1. The van der Waals surface area contributed by atoms with Crippen LogP contribution in [0.1, 0.15) is 17.9 Å². The number of likely N-dealkylation sites (tertiary alicyclic amines) is 1. The van der Waals surface area contributed by atoms with Gasteiger partial charge in [-0.05, 0) is 18.1 Å². The maximum atomic E-state index is 10.7. The van der Waals surface area contributed by atoms with E-state index in [1.165, 1.54) is 4.90 Å². The van der Waals surface area contributed by atoms with E-state index in [0.717, 1.165) is 12.0 Å². The van der Waals surface area contributed by atoms with Crippen LogP contribution >= 0.6 is 0 Å². The molecule has 0 aliphatic carbocycles. The van der Waals surface area contributed by atoms with Crippen LogP contribution in [0.4, 0.5) is 4.79 Å². The number of rotatable bonds is 1. The zero-order valence-corrected chi connectivity index (χ0v) is 7.76. The third kappa shape index (κ3) is 1.69. The van der Waals surface area contributed by atoms with Gasteiger partial charge in [-0.25, -0.2) is 4.79 Å². The number of hydrogen-bond acceptors (Lipinski definition) is 2. The highest BCUT2D eigenvalue weighted by Crippen LogP contribution is 2.26. The third-order valence-corrected chi connectivity index (χ3v) is 2.61. The molecule has 1 unspecified atom stereocenters. The molecule has 4 nitrogen and oxygen atoms in total. The van der Waals surface area contributed by atoms with E-state index in [0.29, 0.717) is 19.0 Å². The van der Waals surface area contributed by atoms with Crippen LogP contribution in [0.3, 0.4) is 0 Å². The Morgan fingerprint density at radius 2 is 2.50 bits per heavy atom. The van der Waals surface area contributed by atoms with Crippen molar-refractivity contribution >= 4 is 6.09 Å². The molecule has 1 fully saturated rings. The minimum absolute atomic E-state index is 0.319. The van der Waals surface area contributed by atoms with Crippen molar-refractivity contribution in [3.8, 4) is 0 Å². The number of nitrogens with zero attached hydrogens (tertiary/aromatic N) is 2. The maximum Gasteiger partial charge on any atom is 0.407 e. The van der Waals surface area contributed by atoms with E-state index in [9.17, 15) is 4.79 Å². The summed E-state index contributed by atoms with van der Waals surface area (Å²) in [5.41, 5.74) is 1.14. The van der Waals surface area contributed by atoms with Gasteiger partial charge in [0.25, 0.3) is 0 Å². The maximum absolute atomic E-state index is 10.7. The van der Waals surface area contributed by atoms with Crippen molar-refractivity contribution in [3.05, 3.63) is 30.1 Å². The van der Waals surface area contributed by atoms with E-state index in [4.69, 9.17) is 5.11 Å². The number of hydrogen-bond donors (Lipinski definition) is 1. The van der Waals surface area contributed by atoms with E-state index < -0.39 is 6.09 Å². The molecule has 0 bridgehead atoms. The predicted molar refractivity (Wildman–Crippen MR) is 51.2 cm³/mol. The van der Waals surface area contributed by atoms with Gasteiger partial charge in [0, 0.05) is 31.4 Å². The molecule has 1 saturated heterocycles. The number of carbonyl (C=O) groups is 1. The smallest absolute Gasteiger partial charge is 0.407 e. The highest BCUT2D eigenvalue weighted by atomic mass is 16.4. The van der Waals surface area contributed by atoms with E-state index in [1.807, 2.05) is 18.3 Å². The molecule has 1 aromatic rings. The molecule has 74 valence electrons. The van der Waals surface area contributed by atoms with Crippen molar-refractivity contribution in [3.63, 3.8) is 0 Å². The Morgan fingerprint density at radius 1 is 1.64 bits per heavy atom. The first-order valence-electron chi connectivity index (χ1n) is 4.65. The lowest BCUT2D eigenvalue weighted by atomic mass is 10.0. The summed E-state index contributed by atoms with van der Waals surface area (Å²) in [5, 5.41) is 8.79. The van der Waals surface area contributed by atoms with Crippen molar-refractivity contribution in [1.29, 1.82) is 0 Å². The number of carboxylic acid groups (broad SMARTS) is 1. The minimum atomic E-state index is -0.823. The molecule has 1 N–H and O–H groups in total. The Morgan fingerprint density at radius 3 is 3.07 bits per heavy atom. The quantitative estimate of drug-likeness (QED) is 0.734. The number of pyridine rings is 1. The van der Waals surface area contributed by atoms with Gasteiger partial charge in [0.05, 0.1) is 0 Å². The lowest BCUT2D eigenvalue weighted by Crippen LogP contribution is -2.26. The molecule has 4 heteroatoms. The Labute approximate surface area is 82.2 Å². The average molecular weight is 192 g/mol. The molecule has 1 atom stereocenters. The molecule has 1 aliphatic rings. The van der Waals surface area contributed by atoms with Crippen LogP contribution in [-0.2, 0) is 0 Å². The lowest BCUT2D eigenvalue weighted by molar-refractivity contribution is 0.155. The van der Waals surface area contributed by atoms with Gasteiger partial charge in [-0.15, -0.1) is 0 Å². The summed E-state index contributed by atoms with van der Waals surface area (Å²) in [5.74, 6) is 0.319. The van der Waals surface area contributed by atoms with Crippen LogP contribution in [0.15, 0.2) is 24.5 Å². The van der Waals surface area contributed by atoms with Gasteiger partial charge in [-0.3, -0.25) is 4.98 Å². The summed E-state index contributed by atoms with van der Waals surface area (Å²) in [6, 6.07) is 3.89. The second kappa shape index (κ2) is 3.65. The average Bonchev–Trinajstić information content (AvgIpc) is 2.68. The van der Waals surface area contributed by atoms with Gasteiger partial charge in [0.15, 0.2) is 0 Å². The fraction of sp³-hybridized carbons (Fsp3) is 0.400. The molecule has 14 heavy (non-hydrogen) atoms. The van der Waals surface area contributed by atoms with Crippen molar-refractivity contribution < 1.29 is 9.90 Å². The topological polar surface area (TPSA) is 53.4 Å². The van der Waals surface area contributed by atoms with E-state index in [2.05, 4.69) is 4.98 Å². The summed E-state index contributed by atoms with van der Waals surface area (Å²) in [4.78, 5) is 16.2. The van der Waals surface area contributed by atoms with Crippen LogP contribution in [0.2, 0.25) is 0 Å². The molecular weight excluding hydrogens is 180 g/mol. The monoisotopic (exact) mass is 192 g/mol. The minimum Gasteiger partial charge on any atom is -0.465 e. The third-order valence-electron chi connectivity index (χ3n) is 2.61. The van der Waals surface area contributed by atoms with Crippen LogP contribution < -0.4 is 0 Å². The van der Waals surface area contributed by atoms with Gasteiger partial charge < -0.3 is 10.0 Å². The predicted octanol–water partition coefficient (Wildman–Crippen LogP) is 1.55. The molecule has 2 heterocycles. The first-order chi connectivity index (χ1) is 6.77. The van der Waals surface area contributed by atoms with Crippen molar-refractivity contribution in [2.75, 3.05) is 13.1 Å². The Bertz CT molecular complexity index is 326. The standard InChI is InChI=1S/C10H12N2O2/c13-10(14)12-5-3-9(7-12)8-2-1-4-11-6-8/h1-2,4,6,9H,3,5,7H2,(H,13,14). The fourth-order valence-corrected chi connectivity index (χ4v) is 1.82. The summed E-state index contributed by atoms with van der Waals surface area (Å²) < 4.78 is 0. The van der Waals surface area contributed by atoms with Crippen LogP contribution in [0.5, 0.6) is 0 Å². The van der Waals surface area contributed by atoms with Crippen molar-refractivity contribution in [2.45, 2.75) is 12.3 Å². The Hall–Kier alpha value is -1.58. The van der Waals surface area contributed by atoms with Gasteiger partial charge in [-0.1, -0.05) is 6.07 Å².